The Hall–Kier alpha value is -2.57. The number of anilines is 1. The van der Waals surface area contributed by atoms with E-state index in [1.54, 1.807) is 19.1 Å². The SMILES string of the molecule is [2H]C([2H])([2H])Oc1ccc(CC(C)NC([2H])([2H])C([2H])(O)c2ccc(O)c(NC=O)c2)cc1. The van der Waals surface area contributed by atoms with Gasteiger partial charge < -0.3 is 25.6 Å². The predicted octanol–water partition coefficient (Wildman–Crippen LogP) is 2.22. The van der Waals surface area contributed by atoms with Gasteiger partial charge in [-0.3, -0.25) is 4.79 Å². The van der Waals surface area contributed by atoms with Crippen molar-refractivity contribution in [3.05, 3.63) is 53.6 Å². The molecule has 6 heteroatoms. The van der Waals surface area contributed by atoms with Crippen LogP contribution in [0.2, 0.25) is 0 Å². The largest absolute Gasteiger partial charge is 0.506 e. The number of methoxy groups -OCH3 is 1. The number of aromatic hydroxyl groups is 1. The summed E-state index contributed by atoms with van der Waals surface area (Å²) in [5, 5.41) is 25.1. The molecule has 6 nitrogen and oxygen atoms in total. The van der Waals surface area contributed by atoms with E-state index in [2.05, 4.69) is 10.6 Å². The van der Waals surface area contributed by atoms with E-state index in [0.29, 0.717) is 12.8 Å². The summed E-state index contributed by atoms with van der Waals surface area (Å²) in [6, 6.07) is 9.17. The number of nitrogens with one attached hydrogen (secondary N) is 2. The number of phenolic OH excluding ortho intramolecular Hbond substituents is 1. The fraction of sp³-hybridized carbons (Fsp3) is 0.316. The van der Waals surface area contributed by atoms with Crippen LogP contribution in [-0.4, -0.2) is 36.2 Å². The molecule has 25 heavy (non-hydrogen) atoms. The van der Waals surface area contributed by atoms with Crippen molar-refractivity contribution >= 4 is 12.1 Å². The van der Waals surface area contributed by atoms with E-state index in [1.165, 1.54) is 18.2 Å². The molecule has 0 fully saturated rings. The van der Waals surface area contributed by atoms with Crippen molar-refractivity contribution in [1.29, 1.82) is 0 Å². The number of amides is 1. The summed E-state index contributed by atoms with van der Waals surface area (Å²) in [6.45, 7) is -0.941. The number of phenols is 1. The van der Waals surface area contributed by atoms with Crippen LogP contribution in [0.4, 0.5) is 5.69 Å². The van der Waals surface area contributed by atoms with Crippen molar-refractivity contribution in [2.75, 3.05) is 18.9 Å². The van der Waals surface area contributed by atoms with Crippen LogP contribution in [0.15, 0.2) is 42.5 Å². The lowest BCUT2D eigenvalue weighted by Crippen LogP contribution is -2.32. The maximum atomic E-state index is 10.6. The number of hydrogen-bond acceptors (Lipinski definition) is 5. The minimum Gasteiger partial charge on any atom is -0.506 e. The molecule has 134 valence electrons. The minimum absolute atomic E-state index is 0.0682. The summed E-state index contributed by atoms with van der Waals surface area (Å²) in [5.74, 6) is -0.119. The number of ether oxygens (including phenoxy) is 1. The first-order chi connectivity index (χ1) is 14.2. The number of aliphatic hydroxyl groups is 1. The van der Waals surface area contributed by atoms with Crippen LogP contribution < -0.4 is 15.4 Å². The molecule has 2 atom stereocenters. The Labute approximate surface area is 155 Å². The molecule has 0 saturated heterocycles. The second-order valence-corrected chi connectivity index (χ2v) is 5.46. The van der Waals surface area contributed by atoms with Gasteiger partial charge in [0, 0.05) is 15.3 Å². The van der Waals surface area contributed by atoms with Crippen LogP contribution in [-0.2, 0) is 11.2 Å². The van der Waals surface area contributed by atoms with Gasteiger partial charge >= 0.3 is 0 Å². The highest BCUT2D eigenvalue weighted by molar-refractivity contribution is 5.75. The molecule has 0 spiro atoms. The fourth-order valence-corrected chi connectivity index (χ4v) is 2.22. The van der Waals surface area contributed by atoms with Gasteiger partial charge in [-0.1, -0.05) is 18.2 Å². The molecule has 0 aliphatic carbocycles. The second-order valence-electron chi connectivity index (χ2n) is 5.46. The summed E-state index contributed by atoms with van der Waals surface area (Å²) < 4.78 is 50.7. The number of carbonyl (C=O) groups is 1. The Balaban J connectivity index is 2.11. The van der Waals surface area contributed by atoms with Gasteiger partial charge in [0.2, 0.25) is 6.41 Å². The number of rotatable bonds is 9. The average molecular weight is 350 g/mol. The van der Waals surface area contributed by atoms with Crippen molar-refractivity contribution in [2.45, 2.75) is 25.5 Å². The highest BCUT2D eigenvalue weighted by Crippen LogP contribution is 2.26. The van der Waals surface area contributed by atoms with Crippen LogP contribution >= 0.6 is 0 Å². The van der Waals surface area contributed by atoms with Gasteiger partial charge in [-0.25, -0.2) is 0 Å². The molecule has 2 aromatic rings. The summed E-state index contributed by atoms with van der Waals surface area (Å²) in [4.78, 5) is 10.6. The zero-order valence-electron chi connectivity index (χ0n) is 19.6. The number of benzene rings is 2. The van der Waals surface area contributed by atoms with Crippen molar-refractivity contribution in [2.24, 2.45) is 0 Å². The van der Waals surface area contributed by atoms with Crippen molar-refractivity contribution < 1.29 is 28.0 Å². The number of carbonyl (C=O) groups excluding carboxylic acids is 1. The first kappa shape index (κ1) is 11.9. The molecule has 0 saturated carbocycles. The summed E-state index contributed by atoms with van der Waals surface area (Å²) in [6.07, 6.45) is -2.12. The molecular weight excluding hydrogens is 320 g/mol. The molecule has 0 aliphatic heterocycles. The van der Waals surface area contributed by atoms with Gasteiger partial charge in [0.1, 0.15) is 11.5 Å². The van der Waals surface area contributed by atoms with Crippen LogP contribution in [0, 0.1) is 0 Å². The lowest BCUT2D eigenvalue weighted by Gasteiger charge is -2.18. The number of hydrogen-bond donors (Lipinski definition) is 4. The first-order valence-electron chi connectivity index (χ1n) is 10.6. The minimum atomic E-state index is -2.74. The van der Waals surface area contributed by atoms with E-state index < -0.39 is 25.7 Å². The molecule has 2 rings (SSSR count). The highest BCUT2D eigenvalue weighted by atomic mass is 16.5. The third kappa shape index (κ3) is 5.48. The summed E-state index contributed by atoms with van der Waals surface area (Å²) >= 11 is 0. The zero-order valence-corrected chi connectivity index (χ0v) is 13.6. The van der Waals surface area contributed by atoms with Crippen LogP contribution in [0.25, 0.3) is 0 Å². The molecule has 2 aromatic carbocycles. The van der Waals surface area contributed by atoms with Crippen molar-refractivity contribution in [3.63, 3.8) is 0 Å². The molecular formula is C19H24N2O4. The van der Waals surface area contributed by atoms with Gasteiger partial charge in [-0.05, 0) is 48.7 Å². The van der Waals surface area contributed by atoms with Crippen LogP contribution in [0.3, 0.4) is 0 Å². The van der Waals surface area contributed by atoms with E-state index in [1.807, 2.05) is 0 Å². The Morgan fingerprint density at radius 1 is 1.36 bits per heavy atom. The van der Waals surface area contributed by atoms with Gasteiger partial charge in [0.15, 0.2) is 0 Å². The standard InChI is InChI=1S/C19H24N2O4/c1-13(9-14-3-6-16(25-2)7-4-14)20-11-19(24)15-5-8-18(23)17(10-15)21-12-22/h3-8,10,12-13,19-20,23-24H,9,11H2,1-2H3,(H,21,22)/i2D3,11D2,19D. The molecule has 1 amide bonds. The molecule has 0 heterocycles. The summed E-state index contributed by atoms with van der Waals surface area (Å²) in [7, 11) is -2.56. The fourth-order valence-electron chi connectivity index (χ4n) is 2.22. The zero-order chi connectivity index (χ0) is 23.4. The Morgan fingerprint density at radius 3 is 2.80 bits per heavy atom. The lowest BCUT2D eigenvalue weighted by molar-refractivity contribution is -0.105. The van der Waals surface area contributed by atoms with Crippen molar-refractivity contribution in [1.82, 2.24) is 5.32 Å². The van der Waals surface area contributed by atoms with E-state index in [0.717, 1.165) is 17.7 Å². The molecule has 0 bridgehead atoms. The Kier molecular flexibility index (Phi) is 4.31. The average Bonchev–Trinajstić information content (AvgIpc) is 2.63. The second kappa shape index (κ2) is 9.05. The molecule has 0 radical (unpaired) electrons. The molecule has 2 unspecified atom stereocenters. The maximum Gasteiger partial charge on any atom is 0.211 e. The van der Waals surface area contributed by atoms with Crippen molar-refractivity contribution in [3.8, 4) is 11.5 Å². The normalized spacial score (nSPS) is 19.0. The van der Waals surface area contributed by atoms with E-state index in [4.69, 9.17) is 13.0 Å². The topological polar surface area (TPSA) is 90.8 Å². The van der Waals surface area contributed by atoms with E-state index >= 15 is 0 Å². The van der Waals surface area contributed by atoms with Gasteiger partial charge in [-0.2, -0.15) is 0 Å². The quantitative estimate of drug-likeness (QED) is 0.411. The first-order valence-corrected chi connectivity index (χ1v) is 7.57. The Bertz CT molecular complexity index is 903. The lowest BCUT2D eigenvalue weighted by atomic mass is 10.1. The Morgan fingerprint density at radius 2 is 2.12 bits per heavy atom. The monoisotopic (exact) mass is 350 g/mol. The maximum absolute atomic E-state index is 10.6. The van der Waals surface area contributed by atoms with Crippen LogP contribution in [0.1, 0.15) is 32.4 Å². The van der Waals surface area contributed by atoms with Gasteiger partial charge in [0.05, 0.1) is 24.3 Å². The third-order valence-electron chi connectivity index (χ3n) is 3.50. The van der Waals surface area contributed by atoms with Gasteiger partial charge in [-0.15, -0.1) is 0 Å². The van der Waals surface area contributed by atoms with Gasteiger partial charge in [0.25, 0.3) is 0 Å². The van der Waals surface area contributed by atoms with Crippen LogP contribution in [0.5, 0.6) is 11.5 Å². The third-order valence-corrected chi connectivity index (χ3v) is 3.50. The molecule has 4 N–H and O–H groups in total. The predicted molar refractivity (Wildman–Crippen MR) is 96.9 cm³/mol. The smallest absolute Gasteiger partial charge is 0.211 e. The highest BCUT2D eigenvalue weighted by Gasteiger charge is 2.12. The molecule has 0 aromatic heterocycles. The summed E-state index contributed by atoms with van der Waals surface area (Å²) in [5.41, 5.74) is 0.510. The van der Waals surface area contributed by atoms with E-state index in [9.17, 15) is 15.0 Å². The molecule has 0 aliphatic rings. The van der Waals surface area contributed by atoms with E-state index in [-0.39, 0.29) is 22.7 Å².